The number of nitrogens with one attached hydrogen (secondary N) is 1. The van der Waals surface area contributed by atoms with E-state index in [9.17, 15) is 27.3 Å². The van der Waals surface area contributed by atoms with E-state index >= 15 is 0 Å². The Hall–Kier alpha value is -3.46. The van der Waals surface area contributed by atoms with Gasteiger partial charge in [-0.3, -0.25) is 14.2 Å². The third kappa shape index (κ3) is 6.10. The van der Waals surface area contributed by atoms with Crippen molar-refractivity contribution in [3.63, 3.8) is 0 Å². The Balaban J connectivity index is 1.45. The lowest BCUT2D eigenvalue weighted by molar-refractivity contribution is -0.161. The first-order chi connectivity index (χ1) is 19.6. The highest BCUT2D eigenvalue weighted by atomic mass is 31.2. The Morgan fingerprint density at radius 2 is 1.61 bits per heavy atom. The Bertz CT molecular complexity index is 1470. The van der Waals surface area contributed by atoms with Crippen LogP contribution in [0.2, 0.25) is 0 Å². The van der Waals surface area contributed by atoms with Gasteiger partial charge in [-0.2, -0.15) is 13.2 Å². The zero-order valence-electron chi connectivity index (χ0n) is 22.4. The van der Waals surface area contributed by atoms with Gasteiger partial charge < -0.3 is 19.3 Å². The lowest BCUT2D eigenvalue weighted by atomic mass is 9.95. The van der Waals surface area contributed by atoms with Gasteiger partial charge >= 0.3 is 13.8 Å². The Morgan fingerprint density at radius 3 is 2.29 bits per heavy atom. The van der Waals surface area contributed by atoms with Crippen LogP contribution < -0.4 is 10.6 Å². The average Bonchev–Trinajstić information content (AvgIpc) is 3.30. The lowest BCUT2D eigenvalue weighted by Crippen LogP contribution is -2.45. The number of carbonyl (C=O) groups is 2. The number of unbranched alkanes of at least 4 members (excludes halogenated alkanes) is 1. The minimum atomic E-state index is -4.58. The van der Waals surface area contributed by atoms with Crippen molar-refractivity contribution in [2.45, 2.75) is 37.9 Å². The summed E-state index contributed by atoms with van der Waals surface area (Å²) in [6, 6.07) is 20.0. The number of carbonyl (C=O) groups excluding carboxylic acids is 2. The number of hydrogen-bond acceptors (Lipinski definition) is 5. The van der Waals surface area contributed by atoms with Crippen molar-refractivity contribution < 1.29 is 36.4 Å². The Morgan fingerprint density at radius 1 is 0.951 bits per heavy atom. The number of benzene rings is 3. The highest BCUT2D eigenvalue weighted by Crippen LogP contribution is 2.55. The van der Waals surface area contributed by atoms with E-state index in [4.69, 9.17) is 9.05 Å². The predicted octanol–water partition coefficient (Wildman–Crippen LogP) is 5.65. The quantitative estimate of drug-likeness (QED) is 0.345. The molecule has 3 aromatic carbocycles. The molecule has 1 aliphatic carbocycles. The monoisotopic (exact) mass is 586 g/mol. The molecule has 3 aromatic rings. The molecule has 7 nitrogen and oxygen atoms in total. The molecule has 0 saturated carbocycles. The van der Waals surface area contributed by atoms with Crippen LogP contribution in [0.1, 0.15) is 47.2 Å². The van der Waals surface area contributed by atoms with Crippen molar-refractivity contribution in [3.8, 4) is 11.1 Å². The van der Waals surface area contributed by atoms with Crippen LogP contribution in [0.15, 0.2) is 72.8 Å². The molecule has 1 fully saturated rings. The van der Waals surface area contributed by atoms with Crippen LogP contribution in [0.3, 0.4) is 0 Å². The molecule has 1 unspecified atom stereocenters. The Kier molecular flexibility index (Phi) is 8.36. The second-order valence-corrected chi connectivity index (χ2v) is 12.1. The van der Waals surface area contributed by atoms with Crippen LogP contribution >= 0.6 is 7.60 Å². The largest absolute Gasteiger partial charge is 0.406 e. The molecular formula is C30H30F3N2O5P. The van der Waals surface area contributed by atoms with Crippen molar-refractivity contribution in [2.75, 3.05) is 26.3 Å². The van der Waals surface area contributed by atoms with Crippen LogP contribution in [-0.2, 0) is 18.4 Å². The van der Waals surface area contributed by atoms with Crippen LogP contribution in [0.25, 0.3) is 11.1 Å². The molecule has 1 saturated heterocycles. The Labute approximate surface area is 236 Å². The van der Waals surface area contributed by atoms with Crippen molar-refractivity contribution in [2.24, 2.45) is 0 Å². The average molecular weight is 587 g/mol. The highest BCUT2D eigenvalue weighted by molar-refractivity contribution is 7.62. The van der Waals surface area contributed by atoms with Crippen LogP contribution in [0.5, 0.6) is 0 Å². The zero-order valence-corrected chi connectivity index (χ0v) is 23.3. The molecule has 2 amide bonds. The van der Waals surface area contributed by atoms with E-state index in [1.165, 1.54) is 6.07 Å². The predicted molar refractivity (Wildman–Crippen MR) is 148 cm³/mol. The molecular weight excluding hydrogens is 556 g/mol. The van der Waals surface area contributed by atoms with Gasteiger partial charge in [-0.15, -0.1) is 0 Å². The second kappa shape index (κ2) is 11.8. The topological polar surface area (TPSA) is 84.9 Å². The van der Waals surface area contributed by atoms with Crippen molar-refractivity contribution in [1.82, 2.24) is 10.2 Å². The van der Waals surface area contributed by atoms with Crippen LogP contribution in [0, 0.1) is 0 Å². The SMILES string of the molecule is CCCCN(CC(F)(F)F)C(=O)C1c2ccccc2-c2cccc(P3(=O)OCC(NC(=O)c4ccccc4)CO3)c21. The van der Waals surface area contributed by atoms with E-state index in [0.29, 0.717) is 40.7 Å². The van der Waals surface area contributed by atoms with E-state index in [0.717, 1.165) is 4.90 Å². The molecule has 0 spiro atoms. The molecule has 0 aromatic heterocycles. The van der Waals surface area contributed by atoms with E-state index in [1.807, 2.05) is 6.92 Å². The van der Waals surface area contributed by atoms with Crippen molar-refractivity contribution >= 4 is 24.7 Å². The number of nitrogens with zero attached hydrogens (tertiary/aromatic N) is 1. The summed E-state index contributed by atoms with van der Waals surface area (Å²) in [5.74, 6) is -2.16. The summed E-state index contributed by atoms with van der Waals surface area (Å²) in [5, 5.41) is 2.94. The van der Waals surface area contributed by atoms with Gasteiger partial charge in [0.05, 0.1) is 30.5 Å². The smallest absolute Gasteiger partial charge is 0.345 e. The summed E-state index contributed by atoms with van der Waals surface area (Å²) in [4.78, 5) is 27.3. The molecule has 2 aliphatic rings. The minimum absolute atomic E-state index is 0.0571. The molecule has 216 valence electrons. The molecule has 1 N–H and O–H groups in total. The lowest BCUT2D eigenvalue weighted by Gasteiger charge is -2.32. The van der Waals surface area contributed by atoms with Crippen molar-refractivity contribution in [1.29, 1.82) is 0 Å². The summed E-state index contributed by atoms with van der Waals surface area (Å²) < 4.78 is 66.3. The second-order valence-electron chi connectivity index (χ2n) is 10.1. The van der Waals surface area contributed by atoms with Gasteiger partial charge in [-0.1, -0.05) is 67.9 Å². The first kappa shape index (κ1) is 29.0. The van der Waals surface area contributed by atoms with Gasteiger partial charge in [0.25, 0.3) is 5.91 Å². The molecule has 11 heteroatoms. The first-order valence-electron chi connectivity index (χ1n) is 13.4. The number of fused-ring (bicyclic) bond motifs is 3. The number of rotatable bonds is 8. The summed E-state index contributed by atoms with van der Waals surface area (Å²) in [6.45, 7) is 0.185. The molecule has 0 radical (unpaired) electrons. The minimum Gasteiger partial charge on any atom is -0.345 e. The summed E-state index contributed by atoms with van der Waals surface area (Å²) >= 11 is 0. The number of amides is 2. The van der Waals surface area contributed by atoms with Gasteiger partial charge in [-0.25, -0.2) is 0 Å². The fourth-order valence-electron chi connectivity index (χ4n) is 5.29. The molecule has 1 aliphatic heterocycles. The standard InChI is InChI=1S/C30H30F3N2O5P/c1-2-3-16-35(19-30(31,32)33)29(37)27-24-13-8-7-12-22(24)23-14-9-15-25(26(23)27)41(38)39-17-21(18-40-41)34-28(36)20-10-5-4-6-11-20/h4-15,21,27H,2-3,16-19H2,1H3,(H,34,36). The fourth-order valence-corrected chi connectivity index (χ4v) is 7.21. The van der Waals surface area contributed by atoms with E-state index < -0.39 is 38.2 Å². The molecule has 41 heavy (non-hydrogen) atoms. The number of halogens is 3. The maximum atomic E-state index is 14.1. The van der Waals surface area contributed by atoms with Gasteiger partial charge in [0.15, 0.2) is 0 Å². The molecule has 0 bridgehead atoms. The normalized spacial score (nSPS) is 21.6. The molecule has 1 atom stereocenters. The summed E-state index contributed by atoms with van der Waals surface area (Å²) in [6.07, 6.45) is -3.56. The van der Waals surface area contributed by atoms with E-state index in [1.54, 1.807) is 66.7 Å². The van der Waals surface area contributed by atoms with Gasteiger partial charge in [0, 0.05) is 12.1 Å². The highest BCUT2D eigenvalue weighted by Gasteiger charge is 2.45. The molecule has 1 heterocycles. The summed E-state index contributed by atoms with van der Waals surface area (Å²) in [7, 11) is -4.00. The van der Waals surface area contributed by atoms with Gasteiger partial charge in [0.2, 0.25) is 5.91 Å². The van der Waals surface area contributed by atoms with Gasteiger partial charge in [0.1, 0.15) is 6.54 Å². The first-order valence-corrected chi connectivity index (χ1v) is 15.0. The zero-order chi connectivity index (χ0) is 29.2. The summed E-state index contributed by atoms with van der Waals surface area (Å²) in [5.41, 5.74) is 2.60. The van der Waals surface area contributed by atoms with Crippen LogP contribution in [0.4, 0.5) is 13.2 Å². The molecule has 5 rings (SSSR count). The van der Waals surface area contributed by atoms with Crippen LogP contribution in [-0.4, -0.2) is 55.2 Å². The van der Waals surface area contributed by atoms with Crippen molar-refractivity contribution in [3.05, 3.63) is 89.5 Å². The number of alkyl halides is 3. The number of hydrogen-bond donors (Lipinski definition) is 1. The maximum Gasteiger partial charge on any atom is 0.406 e. The van der Waals surface area contributed by atoms with E-state index in [-0.39, 0.29) is 31.0 Å². The van der Waals surface area contributed by atoms with E-state index in [2.05, 4.69) is 5.32 Å². The third-order valence-corrected chi connectivity index (χ3v) is 9.16. The van der Waals surface area contributed by atoms with Gasteiger partial charge in [-0.05, 0) is 46.9 Å². The maximum absolute atomic E-state index is 14.1. The third-order valence-electron chi connectivity index (χ3n) is 7.20. The fraction of sp³-hybridized carbons (Fsp3) is 0.333.